The second-order valence-corrected chi connectivity index (χ2v) is 8.07. The zero-order valence-electron chi connectivity index (χ0n) is 16.3. The number of benzene rings is 2. The minimum atomic E-state index is -4.36. The Morgan fingerprint density at radius 1 is 1.03 bits per heavy atom. The Morgan fingerprint density at radius 3 is 2.35 bits per heavy atom. The van der Waals surface area contributed by atoms with Crippen molar-refractivity contribution in [2.75, 3.05) is 7.05 Å². The third-order valence-corrected chi connectivity index (χ3v) is 5.67. The highest BCUT2D eigenvalue weighted by Gasteiger charge is 2.29. The molecule has 0 aliphatic rings. The van der Waals surface area contributed by atoms with Crippen LogP contribution in [0, 0.1) is 5.82 Å². The van der Waals surface area contributed by atoms with Gasteiger partial charge in [-0.2, -0.15) is 13.2 Å². The summed E-state index contributed by atoms with van der Waals surface area (Å²) in [4.78, 5) is 22.4. The molecule has 0 aliphatic heterocycles. The second-order valence-electron chi connectivity index (χ2n) is 7.22. The summed E-state index contributed by atoms with van der Waals surface area (Å²) < 4.78 is 51.3. The van der Waals surface area contributed by atoms with Crippen molar-refractivity contribution in [1.29, 1.82) is 0 Å². The van der Waals surface area contributed by atoms with E-state index in [2.05, 4.69) is 9.97 Å². The van der Waals surface area contributed by atoms with Crippen LogP contribution in [0.2, 0.25) is 0 Å². The van der Waals surface area contributed by atoms with Crippen molar-refractivity contribution in [2.45, 2.75) is 19.3 Å². The molecule has 0 radical (unpaired) electrons. The average Bonchev–Trinajstić information content (AvgIpc) is 3.12. The molecular weight excluding hydrogens is 430 g/mol. The number of fused-ring (bicyclic) bond motifs is 1. The Bertz CT molecular complexity index is 1260. The van der Waals surface area contributed by atoms with E-state index >= 15 is 0 Å². The summed E-state index contributed by atoms with van der Waals surface area (Å²) in [6.45, 7) is 0.709. The van der Waals surface area contributed by atoms with Crippen molar-refractivity contribution < 1.29 is 17.6 Å². The Kier molecular flexibility index (Phi) is 5.63. The second kappa shape index (κ2) is 8.24. The van der Waals surface area contributed by atoms with Gasteiger partial charge in [-0.05, 0) is 42.4 Å². The summed E-state index contributed by atoms with van der Waals surface area (Å²) in [6.07, 6.45) is -4.36. The minimum absolute atomic E-state index is 0.288. The molecule has 2 aromatic heterocycles. The van der Waals surface area contributed by atoms with E-state index in [4.69, 9.17) is 0 Å². The van der Waals surface area contributed by atoms with Gasteiger partial charge in [0.05, 0.1) is 17.5 Å². The van der Waals surface area contributed by atoms with Gasteiger partial charge in [-0.15, -0.1) is 11.3 Å². The zero-order valence-corrected chi connectivity index (χ0v) is 17.1. The number of hydrogen-bond acceptors (Lipinski definition) is 4. The molecule has 0 spiro atoms. The van der Waals surface area contributed by atoms with Crippen LogP contribution in [-0.2, 0) is 19.3 Å². The molecule has 0 amide bonds. The van der Waals surface area contributed by atoms with E-state index in [0.717, 1.165) is 17.7 Å². The summed E-state index contributed by atoms with van der Waals surface area (Å²) in [5, 5.41) is 2.27. The fraction of sp³-hybridized carbons (Fsp3) is 0.182. The number of halogens is 4. The molecule has 0 unspecified atom stereocenters. The third kappa shape index (κ3) is 4.67. The van der Waals surface area contributed by atoms with E-state index < -0.39 is 11.7 Å². The van der Waals surface area contributed by atoms with Gasteiger partial charge in [-0.25, -0.2) is 9.37 Å². The summed E-state index contributed by atoms with van der Waals surface area (Å²) in [5.41, 5.74) is 1.16. The van der Waals surface area contributed by atoms with Gasteiger partial charge in [0.1, 0.15) is 16.5 Å². The lowest BCUT2D eigenvalue weighted by Crippen LogP contribution is -2.21. The quantitative estimate of drug-likeness (QED) is 0.415. The molecule has 4 rings (SSSR count). The fourth-order valence-corrected chi connectivity index (χ4v) is 4.30. The van der Waals surface area contributed by atoms with Crippen molar-refractivity contribution in [3.8, 4) is 11.1 Å². The first-order valence-corrected chi connectivity index (χ1v) is 10.2. The van der Waals surface area contributed by atoms with Gasteiger partial charge in [0.25, 0.3) is 5.56 Å². The summed E-state index contributed by atoms with van der Waals surface area (Å²) in [7, 11) is 1.79. The number of nitrogens with one attached hydrogen (secondary N) is 1. The van der Waals surface area contributed by atoms with Gasteiger partial charge in [0.15, 0.2) is 0 Å². The smallest absolute Gasteiger partial charge is 0.309 e. The van der Waals surface area contributed by atoms with Crippen molar-refractivity contribution in [2.24, 2.45) is 0 Å². The van der Waals surface area contributed by atoms with Crippen LogP contribution in [0.5, 0.6) is 0 Å². The topological polar surface area (TPSA) is 49.0 Å². The summed E-state index contributed by atoms with van der Waals surface area (Å²) in [6, 6.07) is 10.9. The number of aromatic nitrogens is 2. The maximum absolute atomic E-state index is 13.2. The van der Waals surface area contributed by atoms with E-state index in [0.29, 0.717) is 40.3 Å². The molecule has 0 atom stereocenters. The van der Waals surface area contributed by atoms with Gasteiger partial charge in [0.2, 0.25) is 0 Å². The number of thiophene rings is 1. The molecule has 2 heterocycles. The molecule has 0 fully saturated rings. The third-order valence-electron chi connectivity index (χ3n) is 4.80. The number of H-pyrrole nitrogens is 1. The van der Waals surface area contributed by atoms with Crippen LogP contribution < -0.4 is 5.56 Å². The maximum Gasteiger partial charge on any atom is 0.416 e. The Labute approximate surface area is 178 Å². The summed E-state index contributed by atoms with van der Waals surface area (Å²) in [5.74, 6) is 0.105. The van der Waals surface area contributed by atoms with Crippen molar-refractivity contribution in [3.63, 3.8) is 0 Å². The van der Waals surface area contributed by atoms with Crippen molar-refractivity contribution in [1.82, 2.24) is 14.9 Å². The van der Waals surface area contributed by atoms with Gasteiger partial charge in [-0.1, -0.05) is 24.3 Å². The van der Waals surface area contributed by atoms with Crippen LogP contribution in [0.15, 0.2) is 58.7 Å². The van der Waals surface area contributed by atoms with Crippen LogP contribution in [0.4, 0.5) is 17.6 Å². The Balaban J connectivity index is 1.52. The first kappa shape index (κ1) is 21.2. The molecule has 31 heavy (non-hydrogen) atoms. The lowest BCUT2D eigenvalue weighted by atomic mass is 10.1. The highest BCUT2D eigenvalue weighted by Crippen LogP contribution is 2.31. The van der Waals surface area contributed by atoms with E-state index in [1.165, 1.54) is 35.6 Å². The molecule has 1 N–H and O–H groups in total. The monoisotopic (exact) mass is 447 g/mol. The predicted molar refractivity (Wildman–Crippen MR) is 112 cm³/mol. The van der Waals surface area contributed by atoms with Gasteiger partial charge in [-0.3, -0.25) is 9.69 Å². The molecular formula is C22H17F4N3OS. The molecule has 0 saturated carbocycles. The largest absolute Gasteiger partial charge is 0.416 e. The number of aromatic amines is 1. The van der Waals surface area contributed by atoms with Gasteiger partial charge in [0, 0.05) is 17.5 Å². The highest BCUT2D eigenvalue weighted by atomic mass is 32.1. The molecule has 9 heteroatoms. The standard InChI is InChI=1S/C22H17F4N3OS/c1-29(10-13-2-6-15(7-3-13)22(24,25)26)11-18-27-20(30)19-17(12-31-21(19)28-18)14-4-8-16(23)9-5-14/h2-9,12H,10-11H2,1H3,(H,27,28,30). The zero-order chi connectivity index (χ0) is 22.2. The van der Waals surface area contributed by atoms with Crippen LogP contribution in [0.25, 0.3) is 21.3 Å². The first-order valence-electron chi connectivity index (χ1n) is 9.32. The molecule has 4 nitrogen and oxygen atoms in total. The molecule has 0 aliphatic carbocycles. The van der Waals surface area contributed by atoms with E-state index in [1.807, 2.05) is 10.3 Å². The molecule has 0 bridgehead atoms. The molecule has 160 valence electrons. The van der Waals surface area contributed by atoms with Gasteiger partial charge >= 0.3 is 6.18 Å². The number of rotatable bonds is 5. The molecule has 0 saturated heterocycles. The molecule has 2 aromatic carbocycles. The minimum Gasteiger partial charge on any atom is -0.309 e. The van der Waals surface area contributed by atoms with Crippen molar-refractivity contribution in [3.05, 3.63) is 87.0 Å². The lowest BCUT2D eigenvalue weighted by Gasteiger charge is -2.16. The first-order chi connectivity index (χ1) is 14.7. The summed E-state index contributed by atoms with van der Waals surface area (Å²) >= 11 is 1.33. The van der Waals surface area contributed by atoms with Crippen LogP contribution >= 0.6 is 11.3 Å². The van der Waals surface area contributed by atoms with E-state index in [-0.39, 0.29) is 11.4 Å². The van der Waals surface area contributed by atoms with Crippen LogP contribution in [-0.4, -0.2) is 21.9 Å². The SMILES string of the molecule is CN(Cc1ccc(C(F)(F)F)cc1)Cc1nc2scc(-c3ccc(F)cc3)c2c(=O)[nH]1. The normalized spacial score (nSPS) is 12.1. The number of alkyl halides is 3. The van der Waals surface area contributed by atoms with Gasteiger partial charge < -0.3 is 4.98 Å². The molecule has 4 aromatic rings. The van der Waals surface area contributed by atoms with Crippen LogP contribution in [0.1, 0.15) is 17.0 Å². The number of hydrogen-bond donors (Lipinski definition) is 1. The van der Waals surface area contributed by atoms with E-state index in [9.17, 15) is 22.4 Å². The fourth-order valence-electron chi connectivity index (χ4n) is 3.33. The Morgan fingerprint density at radius 2 is 1.71 bits per heavy atom. The number of nitrogens with zero attached hydrogens (tertiary/aromatic N) is 2. The maximum atomic E-state index is 13.2. The van der Waals surface area contributed by atoms with E-state index in [1.54, 1.807) is 19.2 Å². The van der Waals surface area contributed by atoms with Crippen molar-refractivity contribution >= 4 is 21.6 Å². The lowest BCUT2D eigenvalue weighted by molar-refractivity contribution is -0.137. The van der Waals surface area contributed by atoms with Crippen LogP contribution in [0.3, 0.4) is 0 Å². The predicted octanol–water partition coefficient (Wildman–Crippen LogP) is 5.44. The highest BCUT2D eigenvalue weighted by molar-refractivity contribution is 7.17. The Hall–Kier alpha value is -3.04. The average molecular weight is 447 g/mol.